The molecule has 2 amide bonds. The van der Waals surface area contributed by atoms with Gasteiger partial charge in [-0.15, -0.1) is 0 Å². The molecule has 2 saturated heterocycles. The number of carbonyl (C=O) groups is 2. The molecule has 0 bridgehead atoms. The van der Waals surface area contributed by atoms with Gasteiger partial charge in [-0.25, -0.2) is 8.42 Å². The van der Waals surface area contributed by atoms with Crippen LogP contribution in [0.15, 0.2) is 107 Å². The summed E-state index contributed by atoms with van der Waals surface area (Å²) in [5, 5.41) is 5.80. The van der Waals surface area contributed by atoms with Crippen molar-refractivity contribution in [2.24, 2.45) is 23.7 Å². The molecule has 0 aromatic heterocycles. The van der Waals surface area contributed by atoms with Gasteiger partial charge in [0.1, 0.15) is 31.6 Å². The number of nitrogens with one attached hydrogen (secondary N) is 2. The molecule has 59 heavy (non-hydrogen) atoms. The number of ether oxygens (including phenoxy) is 2. The van der Waals surface area contributed by atoms with Crippen LogP contribution in [0.5, 0.6) is 23.0 Å². The monoisotopic (exact) mass is 890 g/mol. The summed E-state index contributed by atoms with van der Waals surface area (Å²) >= 11 is 14.0. The fourth-order valence-corrected chi connectivity index (χ4v) is 10.7. The van der Waals surface area contributed by atoms with Crippen molar-refractivity contribution in [1.82, 2.24) is 9.80 Å². The minimum absolute atomic E-state index is 0.117. The van der Waals surface area contributed by atoms with E-state index in [2.05, 4.69) is 48.1 Å². The first-order valence-electron chi connectivity index (χ1n) is 19.6. The van der Waals surface area contributed by atoms with E-state index in [1.165, 1.54) is 60.6 Å². The largest absolute Gasteiger partial charge is 0.457 e. The average molecular weight is 891 g/mol. The van der Waals surface area contributed by atoms with Crippen molar-refractivity contribution in [3.05, 3.63) is 97.1 Å². The highest BCUT2D eigenvalue weighted by Gasteiger charge is 2.25. The maximum absolute atomic E-state index is 13.4. The number of carbonyl (C=O) groups excluding carboxylic acids is 2. The molecule has 2 aliphatic rings. The van der Waals surface area contributed by atoms with Crippen molar-refractivity contribution >= 4 is 89.6 Å². The summed E-state index contributed by atoms with van der Waals surface area (Å²) in [6.45, 7) is 12.7. The molecule has 2 fully saturated rings. The molecule has 312 valence electrons. The Morgan fingerprint density at radius 3 is 1.15 bits per heavy atom. The number of rotatable bonds is 12. The quantitative estimate of drug-likeness (QED) is 0.132. The molecule has 0 unspecified atom stereocenters. The number of nitrogens with zero attached hydrogens (tertiary/aromatic N) is 2. The van der Waals surface area contributed by atoms with Gasteiger partial charge in [-0.1, -0.05) is 75.7 Å². The molecular formula is C44H50N4O6S5. The van der Waals surface area contributed by atoms with Crippen LogP contribution in [0.3, 0.4) is 0 Å². The SMILES string of the molecule is C[C@@H]1C[C@H](C)CN(C(=S)SCC(=O)Nc2ccc(Oc3ccc(S(=O)(=O)c4ccc(Oc5ccc(NC(=O)CSC(=S)N6C[C@@H](C)C[C@H](C)C6)cc5)cc4)cc3)cc2)C1. The maximum Gasteiger partial charge on any atom is 0.234 e. The van der Waals surface area contributed by atoms with Crippen LogP contribution < -0.4 is 20.1 Å². The standard InChI is InChI=1S/C44H50N4O6S5/c1-29-21-30(2)24-47(23-29)43(55)57-27-41(49)45-33-5-9-35(10-6-33)53-37-13-17-39(18-14-37)59(51,52)40-19-15-38(16-20-40)54-36-11-7-34(8-12-36)46-42(50)28-58-44(56)48-25-31(3)22-32(4)26-48/h5-20,29-32H,21-28H2,1-4H3,(H,45,49)(H,46,50)/t29-,30-,31-,32+/m0/s1. The number of piperidine rings is 2. The number of sulfone groups is 1. The van der Waals surface area contributed by atoms with Gasteiger partial charge in [0.25, 0.3) is 0 Å². The number of likely N-dealkylation sites (tertiary alicyclic amines) is 2. The number of amides is 2. The van der Waals surface area contributed by atoms with Gasteiger partial charge in [0.05, 0.1) is 21.3 Å². The average Bonchev–Trinajstić information content (AvgIpc) is 3.20. The Bertz CT molecular complexity index is 2030. The molecule has 4 atom stereocenters. The topological polar surface area (TPSA) is 117 Å². The Hall–Kier alpha value is -4.15. The molecule has 2 N–H and O–H groups in total. The van der Waals surface area contributed by atoms with E-state index < -0.39 is 9.84 Å². The number of thiocarbonyl (C=S) groups is 2. The lowest BCUT2D eigenvalue weighted by Gasteiger charge is -2.36. The van der Waals surface area contributed by atoms with E-state index in [4.69, 9.17) is 33.9 Å². The molecule has 0 aliphatic carbocycles. The molecular weight excluding hydrogens is 841 g/mol. The molecule has 0 spiro atoms. The van der Waals surface area contributed by atoms with Crippen molar-refractivity contribution in [3.8, 4) is 23.0 Å². The summed E-state index contributed by atoms with van der Waals surface area (Å²) in [6.07, 6.45) is 2.39. The summed E-state index contributed by atoms with van der Waals surface area (Å²) in [7, 11) is -3.81. The van der Waals surface area contributed by atoms with Crippen LogP contribution in [0.4, 0.5) is 11.4 Å². The molecule has 4 aromatic rings. The zero-order chi connectivity index (χ0) is 42.1. The Morgan fingerprint density at radius 2 is 0.847 bits per heavy atom. The molecule has 15 heteroatoms. The second-order valence-electron chi connectivity index (χ2n) is 15.6. The second kappa shape index (κ2) is 20.4. The maximum atomic E-state index is 13.4. The predicted molar refractivity (Wildman–Crippen MR) is 248 cm³/mol. The molecule has 2 aliphatic heterocycles. The van der Waals surface area contributed by atoms with Crippen molar-refractivity contribution in [2.75, 3.05) is 48.3 Å². The lowest BCUT2D eigenvalue weighted by atomic mass is 9.92. The smallest absolute Gasteiger partial charge is 0.234 e. The van der Waals surface area contributed by atoms with Crippen LogP contribution in [0.2, 0.25) is 0 Å². The lowest BCUT2D eigenvalue weighted by molar-refractivity contribution is -0.114. The zero-order valence-corrected chi connectivity index (χ0v) is 37.7. The number of hydrogen-bond acceptors (Lipinski definition) is 10. The van der Waals surface area contributed by atoms with Crippen LogP contribution in [0, 0.1) is 23.7 Å². The minimum atomic E-state index is -3.81. The van der Waals surface area contributed by atoms with Crippen LogP contribution in [-0.4, -0.2) is 76.4 Å². The zero-order valence-electron chi connectivity index (χ0n) is 33.6. The third kappa shape index (κ3) is 12.9. The molecule has 0 saturated carbocycles. The van der Waals surface area contributed by atoms with E-state index in [1.54, 1.807) is 72.8 Å². The Morgan fingerprint density at radius 1 is 0.559 bits per heavy atom. The summed E-state index contributed by atoms with van der Waals surface area (Å²) in [5.41, 5.74) is 1.27. The van der Waals surface area contributed by atoms with Gasteiger partial charge in [0.2, 0.25) is 21.7 Å². The normalized spacial score (nSPS) is 19.4. The highest BCUT2D eigenvalue weighted by molar-refractivity contribution is 8.23. The molecule has 6 rings (SSSR count). The van der Waals surface area contributed by atoms with Crippen molar-refractivity contribution in [1.29, 1.82) is 0 Å². The molecule has 4 aromatic carbocycles. The van der Waals surface area contributed by atoms with Gasteiger partial charge >= 0.3 is 0 Å². The summed E-state index contributed by atoms with van der Waals surface area (Å²) < 4.78 is 40.3. The molecule has 10 nitrogen and oxygen atoms in total. The van der Waals surface area contributed by atoms with E-state index >= 15 is 0 Å². The van der Waals surface area contributed by atoms with Gasteiger partial charge < -0.3 is 29.9 Å². The Balaban J connectivity index is 0.937. The molecule has 0 radical (unpaired) electrons. The minimum Gasteiger partial charge on any atom is -0.457 e. The lowest BCUT2D eigenvalue weighted by Crippen LogP contribution is -2.41. The summed E-state index contributed by atoms with van der Waals surface area (Å²) in [5.74, 6) is 4.52. The number of thioether (sulfide) groups is 2. The summed E-state index contributed by atoms with van der Waals surface area (Å²) in [4.78, 5) is 29.9. The van der Waals surface area contributed by atoms with Crippen LogP contribution in [0.25, 0.3) is 0 Å². The van der Waals surface area contributed by atoms with Crippen molar-refractivity contribution in [2.45, 2.75) is 50.3 Å². The molecule has 2 heterocycles. The van der Waals surface area contributed by atoms with Crippen molar-refractivity contribution in [3.63, 3.8) is 0 Å². The van der Waals surface area contributed by atoms with Gasteiger partial charge in [-0.05, 0) is 134 Å². The highest BCUT2D eigenvalue weighted by Crippen LogP contribution is 2.30. The first-order valence-corrected chi connectivity index (χ1v) is 23.9. The third-order valence-corrected chi connectivity index (χ3v) is 14.8. The van der Waals surface area contributed by atoms with Crippen molar-refractivity contribution < 1.29 is 27.5 Å². The van der Waals surface area contributed by atoms with Crippen LogP contribution in [-0.2, 0) is 19.4 Å². The van der Waals surface area contributed by atoms with Gasteiger partial charge in [0, 0.05) is 37.6 Å². The van der Waals surface area contributed by atoms with Crippen LogP contribution in [0.1, 0.15) is 40.5 Å². The summed E-state index contributed by atoms with van der Waals surface area (Å²) in [6, 6.07) is 26.3. The van der Waals surface area contributed by atoms with E-state index in [1.807, 2.05) is 0 Å². The van der Waals surface area contributed by atoms with Crippen LogP contribution >= 0.6 is 48.0 Å². The van der Waals surface area contributed by atoms with E-state index in [9.17, 15) is 18.0 Å². The Labute approximate surface area is 367 Å². The third-order valence-electron chi connectivity index (χ3n) is 9.92. The fourth-order valence-electron chi connectivity index (χ4n) is 7.45. The second-order valence-corrected chi connectivity index (χ2v) is 20.8. The van der Waals surface area contributed by atoms with E-state index in [0.717, 1.165) is 34.8 Å². The Kier molecular flexibility index (Phi) is 15.4. The van der Waals surface area contributed by atoms with E-state index in [-0.39, 0.29) is 33.1 Å². The predicted octanol–water partition coefficient (Wildman–Crippen LogP) is 9.97. The first kappa shape index (κ1) is 44.4. The van der Waals surface area contributed by atoms with Gasteiger partial charge in [-0.2, -0.15) is 0 Å². The number of benzene rings is 4. The van der Waals surface area contributed by atoms with Gasteiger partial charge in [0.15, 0.2) is 0 Å². The fraction of sp³-hybridized carbons (Fsp3) is 0.364. The van der Waals surface area contributed by atoms with Gasteiger partial charge in [-0.3, -0.25) is 9.59 Å². The number of anilines is 2. The van der Waals surface area contributed by atoms with E-state index in [0.29, 0.717) is 58.0 Å². The first-order chi connectivity index (χ1) is 28.2. The highest BCUT2D eigenvalue weighted by atomic mass is 32.2. The number of hydrogen-bond donors (Lipinski definition) is 2.